The summed E-state index contributed by atoms with van der Waals surface area (Å²) in [6.07, 6.45) is 3.37. The second-order valence-corrected chi connectivity index (χ2v) is 6.02. The van der Waals surface area contributed by atoms with Gasteiger partial charge >= 0.3 is 0 Å². The molecule has 13 heavy (non-hydrogen) atoms. The topological polar surface area (TPSA) is 40.6 Å². The average molecular weight is 204 g/mol. The number of rotatable bonds is 2. The molecule has 0 unspecified atom stereocenters. The van der Waals surface area contributed by atoms with Crippen molar-refractivity contribution in [1.29, 1.82) is 0 Å². The zero-order valence-electron chi connectivity index (χ0n) is 7.94. The monoisotopic (exact) mass is 204 g/mol. The molecule has 4 nitrogen and oxygen atoms in total. The predicted molar refractivity (Wildman–Crippen MR) is 50.5 cm³/mol. The largest absolute Gasteiger partial charge is 0.281 e. The van der Waals surface area contributed by atoms with Gasteiger partial charge in [-0.05, 0) is 25.2 Å². The van der Waals surface area contributed by atoms with Crippen LogP contribution in [0.5, 0.6) is 0 Å². The van der Waals surface area contributed by atoms with Gasteiger partial charge in [-0.3, -0.25) is 0 Å². The summed E-state index contributed by atoms with van der Waals surface area (Å²) in [6, 6.07) is 0. The SMILES string of the molecule is CN1CCCN(CC2CC2)S1(=O)=O. The minimum Gasteiger partial charge on any atom is -0.195 e. The lowest BCUT2D eigenvalue weighted by Crippen LogP contribution is -2.48. The molecule has 76 valence electrons. The van der Waals surface area contributed by atoms with Gasteiger partial charge < -0.3 is 0 Å². The first-order chi connectivity index (χ1) is 6.10. The molecular formula is C8H16N2O2S. The third-order valence-electron chi connectivity index (χ3n) is 2.76. The van der Waals surface area contributed by atoms with E-state index in [1.54, 1.807) is 11.4 Å². The van der Waals surface area contributed by atoms with Crippen LogP contribution < -0.4 is 0 Å². The van der Waals surface area contributed by atoms with Gasteiger partial charge in [-0.25, -0.2) is 0 Å². The highest BCUT2D eigenvalue weighted by atomic mass is 32.2. The first-order valence-corrected chi connectivity index (χ1v) is 6.22. The van der Waals surface area contributed by atoms with Gasteiger partial charge in [-0.1, -0.05) is 0 Å². The van der Waals surface area contributed by atoms with E-state index in [2.05, 4.69) is 0 Å². The van der Waals surface area contributed by atoms with Crippen LogP contribution in [0.15, 0.2) is 0 Å². The smallest absolute Gasteiger partial charge is 0.195 e. The van der Waals surface area contributed by atoms with Gasteiger partial charge in [-0.2, -0.15) is 17.0 Å². The molecule has 1 saturated carbocycles. The van der Waals surface area contributed by atoms with E-state index < -0.39 is 10.2 Å². The molecule has 2 aliphatic rings. The van der Waals surface area contributed by atoms with E-state index in [1.165, 1.54) is 17.1 Å². The van der Waals surface area contributed by atoms with Crippen LogP contribution in [-0.2, 0) is 10.2 Å². The molecule has 0 bridgehead atoms. The van der Waals surface area contributed by atoms with Crippen molar-refractivity contribution in [3.05, 3.63) is 0 Å². The molecule has 0 spiro atoms. The molecule has 0 amide bonds. The predicted octanol–water partition coefficient (Wildman–Crippen LogP) is 0.279. The van der Waals surface area contributed by atoms with Gasteiger partial charge in [0, 0.05) is 26.7 Å². The fourth-order valence-electron chi connectivity index (χ4n) is 1.67. The van der Waals surface area contributed by atoms with Crippen LogP contribution in [-0.4, -0.2) is 43.7 Å². The minimum absolute atomic E-state index is 0.640. The highest BCUT2D eigenvalue weighted by Gasteiger charge is 2.34. The summed E-state index contributed by atoms with van der Waals surface area (Å²) >= 11 is 0. The van der Waals surface area contributed by atoms with E-state index in [4.69, 9.17) is 0 Å². The molecule has 0 aromatic carbocycles. The summed E-state index contributed by atoms with van der Waals surface area (Å²) in [7, 11) is -1.43. The van der Waals surface area contributed by atoms with Crippen molar-refractivity contribution < 1.29 is 8.42 Å². The average Bonchev–Trinajstić information content (AvgIpc) is 2.83. The third-order valence-corrected chi connectivity index (χ3v) is 4.71. The fourth-order valence-corrected chi connectivity index (χ4v) is 3.18. The molecule has 0 N–H and O–H groups in total. The van der Waals surface area contributed by atoms with Crippen LogP contribution in [0.4, 0.5) is 0 Å². The van der Waals surface area contributed by atoms with E-state index in [1.807, 2.05) is 0 Å². The number of hydrogen-bond donors (Lipinski definition) is 0. The fraction of sp³-hybridized carbons (Fsp3) is 1.00. The number of nitrogens with zero attached hydrogens (tertiary/aromatic N) is 2. The highest BCUT2D eigenvalue weighted by molar-refractivity contribution is 7.86. The quantitative estimate of drug-likeness (QED) is 0.648. The summed E-state index contributed by atoms with van der Waals surface area (Å²) in [4.78, 5) is 0. The van der Waals surface area contributed by atoms with Crippen molar-refractivity contribution in [2.45, 2.75) is 19.3 Å². The summed E-state index contributed by atoms with van der Waals surface area (Å²) in [5, 5.41) is 0. The van der Waals surface area contributed by atoms with E-state index in [-0.39, 0.29) is 0 Å². The van der Waals surface area contributed by atoms with Gasteiger partial charge in [0.1, 0.15) is 0 Å². The molecule has 0 aromatic heterocycles. The van der Waals surface area contributed by atoms with E-state index >= 15 is 0 Å². The van der Waals surface area contributed by atoms with Crippen molar-refractivity contribution in [2.75, 3.05) is 26.7 Å². The minimum atomic E-state index is -3.09. The van der Waals surface area contributed by atoms with Crippen molar-refractivity contribution in [3.63, 3.8) is 0 Å². The third kappa shape index (κ3) is 1.87. The normalized spacial score (nSPS) is 30.5. The molecule has 1 heterocycles. The van der Waals surface area contributed by atoms with E-state index in [9.17, 15) is 8.42 Å². The summed E-state index contributed by atoms with van der Waals surface area (Å²) in [5.41, 5.74) is 0. The van der Waals surface area contributed by atoms with Crippen LogP contribution in [0.2, 0.25) is 0 Å². The molecule has 2 rings (SSSR count). The van der Waals surface area contributed by atoms with E-state index in [0.29, 0.717) is 19.0 Å². The summed E-state index contributed by atoms with van der Waals surface area (Å²) in [5.74, 6) is 0.640. The molecule has 1 saturated heterocycles. The Morgan fingerprint density at radius 3 is 2.62 bits per heavy atom. The molecule has 1 aliphatic heterocycles. The molecule has 0 aromatic rings. The van der Waals surface area contributed by atoms with Gasteiger partial charge in [0.2, 0.25) is 0 Å². The van der Waals surface area contributed by atoms with Crippen LogP contribution in [0.25, 0.3) is 0 Å². The van der Waals surface area contributed by atoms with Gasteiger partial charge in [0.25, 0.3) is 10.2 Å². The van der Waals surface area contributed by atoms with E-state index in [0.717, 1.165) is 13.0 Å². The van der Waals surface area contributed by atoms with Crippen molar-refractivity contribution in [3.8, 4) is 0 Å². The highest BCUT2D eigenvalue weighted by Crippen LogP contribution is 2.31. The van der Waals surface area contributed by atoms with Crippen molar-refractivity contribution in [2.24, 2.45) is 5.92 Å². The molecule has 0 atom stereocenters. The Labute approximate surface area is 79.7 Å². The maximum Gasteiger partial charge on any atom is 0.281 e. The Hall–Kier alpha value is -0.130. The number of hydrogen-bond acceptors (Lipinski definition) is 2. The molecular weight excluding hydrogens is 188 g/mol. The Morgan fingerprint density at radius 1 is 1.31 bits per heavy atom. The second kappa shape index (κ2) is 3.22. The van der Waals surface area contributed by atoms with Crippen LogP contribution in [0.3, 0.4) is 0 Å². The van der Waals surface area contributed by atoms with Gasteiger partial charge in [0.15, 0.2) is 0 Å². The summed E-state index contributed by atoms with van der Waals surface area (Å²) < 4.78 is 26.5. The van der Waals surface area contributed by atoms with Crippen molar-refractivity contribution in [1.82, 2.24) is 8.61 Å². The Morgan fingerprint density at radius 2 is 2.00 bits per heavy atom. The van der Waals surface area contributed by atoms with Crippen LogP contribution >= 0.6 is 0 Å². The summed E-state index contributed by atoms with van der Waals surface area (Å²) in [6.45, 7) is 2.12. The second-order valence-electron chi connectivity index (χ2n) is 3.98. The first kappa shape index (κ1) is 9.43. The Balaban J connectivity index is 2.06. The molecule has 1 aliphatic carbocycles. The molecule has 0 radical (unpaired) electrons. The lowest BCUT2D eigenvalue weighted by Gasteiger charge is -2.32. The van der Waals surface area contributed by atoms with Crippen LogP contribution in [0.1, 0.15) is 19.3 Å². The standard InChI is InChI=1S/C8H16N2O2S/c1-9-5-2-6-10(13(9,11)12)7-8-3-4-8/h8H,2-7H2,1H3. The zero-order chi connectivity index (χ0) is 9.47. The van der Waals surface area contributed by atoms with Crippen molar-refractivity contribution >= 4 is 10.2 Å². The Kier molecular flexibility index (Phi) is 2.33. The van der Waals surface area contributed by atoms with Gasteiger partial charge in [-0.15, -0.1) is 0 Å². The van der Waals surface area contributed by atoms with Crippen LogP contribution in [0, 0.1) is 5.92 Å². The molecule has 5 heteroatoms. The van der Waals surface area contributed by atoms with Gasteiger partial charge in [0.05, 0.1) is 0 Å². The first-order valence-electron chi connectivity index (χ1n) is 4.82. The maximum absolute atomic E-state index is 11.7. The zero-order valence-corrected chi connectivity index (χ0v) is 8.76. The lowest BCUT2D eigenvalue weighted by molar-refractivity contribution is 0.300. The maximum atomic E-state index is 11.7. The lowest BCUT2D eigenvalue weighted by atomic mass is 10.4. The Bertz CT molecular complexity index is 285. The molecule has 2 fully saturated rings.